The molecule has 0 aliphatic carbocycles. The molecule has 1 aliphatic rings. The van der Waals surface area contributed by atoms with Crippen LogP contribution in [0.2, 0.25) is 0 Å². The number of aliphatic hydroxyl groups is 1. The molecule has 0 radical (unpaired) electrons. The summed E-state index contributed by atoms with van der Waals surface area (Å²) in [4.78, 5) is 10.8. The fraction of sp³-hybridized carbons (Fsp3) is 0.435. The molecule has 2 atom stereocenters. The van der Waals surface area contributed by atoms with Crippen LogP contribution in [0.4, 0.5) is 9.18 Å². The van der Waals surface area contributed by atoms with Crippen molar-refractivity contribution >= 4 is 6.09 Å². The summed E-state index contributed by atoms with van der Waals surface area (Å²) < 4.78 is 20.8. The normalized spacial score (nSPS) is 18.4. The first-order valence-corrected chi connectivity index (χ1v) is 10.3. The molecule has 2 aromatic rings. The molecule has 3 rings (SSSR count). The van der Waals surface area contributed by atoms with Crippen LogP contribution in [0.1, 0.15) is 36.8 Å². The lowest BCUT2D eigenvalue weighted by molar-refractivity contribution is -0.0436. The zero-order valence-corrected chi connectivity index (χ0v) is 17.2. The van der Waals surface area contributed by atoms with Gasteiger partial charge in [-0.25, -0.2) is 9.18 Å². The van der Waals surface area contributed by atoms with E-state index in [4.69, 9.17) is 9.84 Å². The summed E-state index contributed by atoms with van der Waals surface area (Å²) in [6.45, 7) is 3.61. The topological polar surface area (TPSA) is 90.8 Å². The van der Waals surface area contributed by atoms with Crippen molar-refractivity contribution < 1.29 is 24.1 Å². The Bertz CT molecular complexity index is 870. The predicted octanol–water partition coefficient (Wildman–Crippen LogP) is 4.16. The molecule has 2 aromatic carbocycles. The van der Waals surface area contributed by atoms with Crippen LogP contribution in [-0.4, -0.2) is 35.9 Å². The van der Waals surface area contributed by atoms with Crippen LogP contribution < -0.4 is 15.4 Å². The molecule has 30 heavy (non-hydrogen) atoms. The van der Waals surface area contributed by atoms with E-state index in [0.29, 0.717) is 24.3 Å². The second-order valence-corrected chi connectivity index (χ2v) is 7.84. The first-order valence-electron chi connectivity index (χ1n) is 10.3. The van der Waals surface area contributed by atoms with E-state index >= 15 is 0 Å². The molecule has 1 fully saturated rings. The number of piperidine rings is 1. The molecule has 1 amide bonds. The van der Waals surface area contributed by atoms with Gasteiger partial charge in [-0.3, -0.25) is 0 Å². The smallest absolute Gasteiger partial charge is 0.404 e. The summed E-state index contributed by atoms with van der Waals surface area (Å²) in [6, 6.07) is 11.9. The van der Waals surface area contributed by atoms with Crippen molar-refractivity contribution in [3.8, 4) is 11.5 Å². The van der Waals surface area contributed by atoms with Crippen LogP contribution in [0.5, 0.6) is 11.5 Å². The molecule has 0 bridgehead atoms. The van der Waals surface area contributed by atoms with Crippen molar-refractivity contribution in [3.63, 3.8) is 0 Å². The van der Waals surface area contributed by atoms with Gasteiger partial charge in [-0.15, -0.1) is 0 Å². The van der Waals surface area contributed by atoms with E-state index in [0.717, 1.165) is 24.9 Å². The zero-order chi connectivity index (χ0) is 21.6. The molecule has 1 aliphatic heterocycles. The molecular formula is C23H29FN2O4. The van der Waals surface area contributed by atoms with Crippen molar-refractivity contribution in [2.75, 3.05) is 19.6 Å². The maximum atomic E-state index is 14.9. The van der Waals surface area contributed by atoms with E-state index in [1.165, 1.54) is 6.07 Å². The van der Waals surface area contributed by atoms with Crippen molar-refractivity contribution in [1.82, 2.24) is 10.6 Å². The second-order valence-electron chi connectivity index (χ2n) is 7.84. The predicted molar refractivity (Wildman–Crippen MR) is 112 cm³/mol. The van der Waals surface area contributed by atoms with E-state index in [9.17, 15) is 14.3 Å². The van der Waals surface area contributed by atoms with Gasteiger partial charge in [0.25, 0.3) is 0 Å². The summed E-state index contributed by atoms with van der Waals surface area (Å²) in [5.41, 5.74) is 0.0272. The highest BCUT2D eigenvalue weighted by atomic mass is 19.1. The minimum Gasteiger partial charge on any atom is -0.465 e. The zero-order valence-electron chi connectivity index (χ0n) is 17.2. The van der Waals surface area contributed by atoms with E-state index < -0.39 is 17.5 Å². The van der Waals surface area contributed by atoms with Crippen molar-refractivity contribution in [1.29, 1.82) is 0 Å². The summed E-state index contributed by atoms with van der Waals surface area (Å²) >= 11 is 0. The number of carboxylic acid groups (broad SMARTS) is 1. The molecule has 1 unspecified atom stereocenters. The summed E-state index contributed by atoms with van der Waals surface area (Å²) in [5.74, 6) is -0.169. The molecule has 1 saturated heterocycles. The summed E-state index contributed by atoms with van der Waals surface area (Å²) in [7, 11) is 0. The van der Waals surface area contributed by atoms with Gasteiger partial charge in [-0.05, 0) is 62.9 Å². The maximum absolute atomic E-state index is 14.9. The number of carbonyl (C=O) groups is 1. The number of benzene rings is 2. The van der Waals surface area contributed by atoms with Gasteiger partial charge in [-0.1, -0.05) is 24.3 Å². The van der Waals surface area contributed by atoms with Crippen molar-refractivity contribution in [2.24, 2.45) is 5.92 Å². The monoisotopic (exact) mass is 416 g/mol. The molecule has 0 spiro atoms. The Hall–Kier alpha value is -2.64. The summed E-state index contributed by atoms with van der Waals surface area (Å²) in [6.07, 6.45) is 1.29. The number of rotatable bonds is 8. The van der Waals surface area contributed by atoms with Crippen LogP contribution >= 0.6 is 0 Å². The third-order valence-corrected chi connectivity index (χ3v) is 5.63. The second kappa shape index (κ2) is 9.91. The number of ether oxygens (including phenoxy) is 1. The highest BCUT2D eigenvalue weighted by molar-refractivity contribution is 5.64. The standard InChI is InChI=1S/C23H29FN2O4/c1-16-6-2-8-18(14-16)30-21-19(9-3-10-20(21)24)23(29,11-5-13-26-22(27)28)17-7-4-12-25-15-17/h2-3,6,8-10,14,17,25-26,29H,4-5,7,11-13,15H2,1H3,(H,27,28)/t17-,23?/m1/s1. The molecule has 0 aromatic heterocycles. The van der Waals surface area contributed by atoms with E-state index in [-0.39, 0.29) is 24.6 Å². The third kappa shape index (κ3) is 5.29. The Morgan fingerprint density at radius 2 is 2.13 bits per heavy atom. The van der Waals surface area contributed by atoms with Gasteiger partial charge in [0, 0.05) is 24.6 Å². The van der Waals surface area contributed by atoms with E-state index in [1.54, 1.807) is 18.2 Å². The number of aryl methyl sites for hydroxylation is 1. The fourth-order valence-corrected chi connectivity index (χ4v) is 4.12. The SMILES string of the molecule is Cc1cccc(Oc2c(F)cccc2C(O)(CCCNC(=O)O)[C@@H]2CCCNC2)c1. The minimum absolute atomic E-state index is 0.0161. The van der Waals surface area contributed by atoms with Crippen LogP contribution in [0.25, 0.3) is 0 Å². The molecule has 1 heterocycles. The van der Waals surface area contributed by atoms with Crippen LogP contribution in [-0.2, 0) is 5.60 Å². The van der Waals surface area contributed by atoms with Gasteiger partial charge in [0.05, 0.1) is 5.60 Å². The molecule has 7 heteroatoms. The Labute approximate surface area is 176 Å². The van der Waals surface area contributed by atoms with Gasteiger partial charge in [0.1, 0.15) is 5.75 Å². The maximum Gasteiger partial charge on any atom is 0.404 e. The number of hydrogen-bond acceptors (Lipinski definition) is 4. The largest absolute Gasteiger partial charge is 0.465 e. The summed E-state index contributed by atoms with van der Waals surface area (Å²) in [5, 5.41) is 26.3. The van der Waals surface area contributed by atoms with Gasteiger partial charge < -0.3 is 25.6 Å². The lowest BCUT2D eigenvalue weighted by atomic mass is 9.74. The Balaban J connectivity index is 1.95. The highest BCUT2D eigenvalue weighted by Crippen LogP contribution is 2.44. The van der Waals surface area contributed by atoms with Crippen molar-refractivity contribution in [2.45, 2.75) is 38.2 Å². The van der Waals surface area contributed by atoms with Gasteiger partial charge in [-0.2, -0.15) is 0 Å². The Morgan fingerprint density at radius 1 is 1.33 bits per heavy atom. The van der Waals surface area contributed by atoms with Crippen molar-refractivity contribution in [3.05, 3.63) is 59.4 Å². The Kier molecular flexibility index (Phi) is 7.29. The number of amides is 1. The number of nitrogens with one attached hydrogen (secondary N) is 2. The quantitative estimate of drug-likeness (QED) is 0.485. The molecule has 0 saturated carbocycles. The first-order chi connectivity index (χ1) is 14.4. The first kappa shape index (κ1) is 22.1. The molecule has 6 nitrogen and oxygen atoms in total. The van der Waals surface area contributed by atoms with Crippen LogP contribution in [0.3, 0.4) is 0 Å². The number of halogens is 1. The fourth-order valence-electron chi connectivity index (χ4n) is 4.12. The average molecular weight is 416 g/mol. The molecule has 4 N–H and O–H groups in total. The van der Waals surface area contributed by atoms with Gasteiger partial charge in [0.15, 0.2) is 11.6 Å². The Morgan fingerprint density at radius 3 is 2.83 bits per heavy atom. The third-order valence-electron chi connectivity index (χ3n) is 5.63. The van der Waals surface area contributed by atoms with Crippen LogP contribution in [0.15, 0.2) is 42.5 Å². The van der Waals surface area contributed by atoms with E-state index in [2.05, 4.69) is 10.6 Å². The lowest BCUT2D eigenvalue weighted by Gasteiger charge is -2.40. The van der Waals surface area contributed by atoms with Gasteiger partial charge >= 0.3 is 6.09 Å². The minimum atomic E-state index is -1.35. The van der Waals surface area contributed by atoms with Crippen LogP contribution in [0, 0.1) is 18.7 Å². The van der Waals surface area contributed by atoms with Gasteiger partial charge in [0.2, 0.25) is 0 Å². The lowest BCUT2D eigenvalue weighted by Crippen LogP contribution is -2.45. The number of hydrogen-bond donors (Lipinski definition) is 4. The number of para-hydroxylation sites is 1. The average Bonchev–Trinajstić information content (AvgIpc) is 2.73. The molecular weight excluding hydrogens is 387 g/mol. The van der Waals surface area contributed by atoms with E-state index in [1.807, 2.05) is 25.1 Å². The molecule has 162 valence electrons. The highest BCUT2D eigenvalue weighted by Gasteiger charge is 2.41.